The molecule has 7 heteroatoms. The van der Waals surface area contributed by atoms with Gasteiger partial charge >= 0.3 is 0 Å². The molecule has 0 aliphatic rings. The van der Waals surface area contributed by atoms with Gasteiger partial charge in [-0.1, -0.05) is 0 Å². The van der Waals surface area contributed by atoms with Crippen LogP contribution in [0.4, 0.5) is 5.82 Å². The molecule has 0 saturated heterocycles. The van der Waals surface area contributed by atoms with Crippen molar-refractivity contribution in [3.8, 4) is 11.8 Å². The summed E-state index contributed by atoms with van der Waals surface area (Å²) in [6, 6.07) is 1.82. The lowest BCUT2D eigenvalue weighted by Crippen LogP contribution is -2.01. The van der Waals surface area contributed by atoms with Crippen molar-refractivity contribution in [1.82, 2.24) is 24.1 Å². The third-order valence-corrected chi connectivity index (χ3v) is 2.52. The lowest BCUT2D eigenvalue weighted by Gasteiger charge is -2.06. The highest BCUT2D eigenvalue weighted by atomic mass is 16.5. The van der Waals surface area contributed by atoms with Crippen molar-refractivity contribution in [2.24, 2.45) is 7.05 Å². The highest BCUT2D eigenvalue weighted by Crippen LogP contribution is 2.24. The largest absolute Gasteiger partial charge is 0.417 e. The number of fused-ring (bicyclic) bond motifs is 1. The zero-order valence-corrected chi connectivity index (χ0v) is 10.0. The molecule has 2 N–H and O–H groups in total. The first kappa shape index (κ1) is 10.6. The summed E-state index contributed by atoms with van der Waals surface area (Å²) in [5.41, 5.74) is 7.20. The van der Waals surface area contributed by atoms with E-state index in [1.165, 1.54) is 0 Å². The summed E-state index contributed by atoms with van der Waals surface area (Å²) in [5, 5.41) is 4.20. The summed E-state index contributed by atoms with van der Waals surface area (Å²) >= 11 is 0. The molecule has 0 spiro atoms. The first-order valence-electron chi connectivity index (χ1n) is 5.41. The van der Waals surface area contributed by atoms with Crippen LogP contribution in [0.25, 0.3) is 5.65 Å². The topological polar surface area (TPSA) is 83.3 Å². The summed E-state index contributed by atoms with van der Waals surface area (Å²) in [7, 11) is 1.80. The van der Waals surface area contributed by atoms with Crippen LogP contribution in [0.15, 0.2) is 24.7 Å². The molecular formula is C11H12N6O. The van der Waals surface area contributed by atoms with Crippen LogP contribution in [-0.4, -0.2) is 24.1 Å². The zero-order valence-electron chi connectivity index (χ0n) is 10.0. The van der Waals surface area contributed by atoms with Crippen molar-refractivity contribution in [2.75, 3.05) is 5.73 Å². The van der Waals surface area contributed by atoms with E-state index in [-0.39, 0.29) is 0 Å². The number of nitrogens with zero attached hydrogens (tertiary/aromatic N) is 5. The number of hydrogen-bond acceptors (Lipinski definition) is 5. The molecule has 3 aromatic rings. The van der Waals surface area contributed by atoms with Crippen molar-refractivity contribution in [3.63, 3.8) is 0 Å². The molecule has 0 bridgehead atoms. The van der Waals surface area contributed by atoms with Crippen molar-refractivity contribution in [3.05, 3.63) is 30.4 Å². The molecule has 0 radical (unpaired) electrons. The van der Waals surface area contributed by atoms with E-state index in [4.69, 9.17) is 10.5 Å². The van der Waals surface area contributed by atoms with Crippen molar-refractivity contribution in [2.45, 2.75) is 6.92 Å². The van der Waals surface area contributed by atoms with Gasteiger partial charge in [0, 0.05) is 25.5 Å². The van der Waals surface area contributed by atoms with E-state index in [1.54, 1.807) is 34.7 Å². The molecule has 0 amide bonds. The monoisotopic (exact) mass is 244 g/mol. The minimum absolute atomic E-state index is 0.364. The maximum atomic E-state index is 5.72. The van der Waals surface area contributed by atoms with Gasteiger partial charge in [-0.3, -0.25) is 4.40 Å². The maximum Gasteiger partial charge on any atom is 0.267 e. The normalized spacial score (nSPS) is 11.0. The molecule has 0 atom stereocenters. The minimum atomic E-state index is 0.364. The van der Waals surface area contributed by atoms with Gasteiger partial charge in [-0.2, -0.15) is 10.1 Å². The molecule has 7 nitrogen and oxygen atoms in total. The number of anilines is 1. The van der Waals surface area contributed by atoms with Gasteiger partial charge < -0.3 is 10.5 Å². The van der Waals surface area contributed by atoms with Gasteiger partial charge in [0.05, 0.1) is 11.9 Å². The fraction of sp³-hybridized carbons (Fsp3) is 0.182. The molecular weight excluding hydrogens is 232 g/mol. The van der Waals surface area contributed by atoms with Crippen molar-refractivity contribution < 1.29 is 4.74 Å². The molecule has 0 saturated carbocycles. The van der Waals surface area contributed by atoms with Gasteiger partial charge in [-0.25, -0.2) is 9.67 Å². The number of nitrogens with two attached hydrogens (primary N) is 1. The third kappa shape index (κ3) is 1.65. The van der Waals surface area contributed by atoms with E-state index >= 15 is 0 Å². The van der Waals surface area contributed by atoms with Crippen molar-refractivity contribution in [1.29, 1.82) is 0 Å². The summed E-state index contributed by atoms with van der Waals surface area (Å²) < 4.78 is 9.11. The third-order valence-electron chi connectivity index (χ3n) is 2.52. The van der Waals surface area contributed by atoms with Crippen LogP contribution in [0.2, 0.25) is 0 Å². The molecule has 92 valence electrons. The van der Waals surface area contributed by atoms with E-state index in [0.29, 0.717) is 23.2 Å². The lowest BCUT2D eigenvalue weighted by molar-refractivity contribution is 0.418. The molecule has 3 rings (SSSR count). The molecule has 3 heterocycles. The van der Waals surface area contributed by atoms with Gasteiger partial charge in [0.2, 0.25) is 11.5 Å². The molecule has 18 heavy (non-hydrogen) atoms. The Morgan fingerprint density at radius 3 is 2.94 bits per heavy atom. The van der Waals surface area contributed by atoms with Crippen LogP contribution in [0.3, 0.4) is 0 Å². The highest BCUT2D eigenvalue weighted by molar-refractivity contribution is 5.53. The van der Waals surface area contributed by atoms with E-state index in [1.807, 2.05) is 13.0 Å². The average Bonchev–Trinajstić information content (AvgIpc) is 2.86. The standard InChI is InChI=1S/C11H12N6O/c1-7-5-9(16(2)15-7)18-11-10-13-3-4-17(10)6-8(12)14-11/h3-6H,12H2,1-2H3. The van der Waals surface area contributed by atoms with Gasteiger partial charge in [0.15, 0.2) is 0 Å². The second-order valence-electron chi connectivity index (χ2n) is 3.98. The van der Waals surface area contributed by atoms with E-state index in [2.05, 4.69) is 15.1 Å². The molecule has 0 unspecified atom stereocenters. The minimum Gasteiger partial charge on any atom is -0.417 e. The van der Waals surface area contributed by atoms with Gasteiger partial charge in [-0.15, -0.1) is 0 Å². The van der Waals surface area contributed by atoms with Crippen molar-refractivity contribution >= 4 is 11.5 Å². The van der Waals surface area contributed by atoms with Crippen LogP contribution in [0.1, 0.15) is 5.69 Å². The fourth-order valence-corrected chi connectivity index (χ4v) is 1.77. The zero-order chi connectivity index (χ0) is 12.7. The fourth-order valence-electron chi connectivity index (χ4n) is 1.77. The first-order chi connectivity index (χ1) is 8.63. The van der Waals surface area contributed by atoms with Crippen LogP contribution in [-0.2, 0) is 7.05 Å². The lowest BCUT2D eigenvalue weighted by atomic mass is 10.5. The highest BCUT2D eigenvalue weighted by Gasteiger charge is 2.11. The Balaban J connectivity index is 2.09. The summed E-state index contributed by atoms with van der Waals surface area (Å²) in [5.74, 6) is 1.33. The van der Waals surface area contributed by atoms with E-state index < -0.39 is 0 Å². The SMILES string of the molecule is Cc1cc(Oc2nc(N)cn3ccnc23)n(C)n1. The Bertz CT molecular complexity index is 713. The molecule has 0 aliphatic carbocycles. The maximum absolute atomic E-state index is 5.72. The summed E-state index contributed by atoms with van der Waals surface area (Å²) in [4.78, 5) is 8.33. The van der Waals surface area contributed by atoms with Crippen LogP contribution in [0.5, 0.6) is 11.8 Å². The van der Waals surface area contributed by atoms with E-state index in [9.17, 15) is 0 Å². The van der Waals surface area contributed by atoms with Gasteiger partial charge in [0.1, 0.15) is 5.82 Å². The average molecular weight is 244 g/mol. The number of rotatable bonds is 2. The Hall–Kier alpha value is -2.57. The van der Waals surface area contributed by atoms with Crippen LogP contribution >= 0.6 is 0 Å². The quantitative estimate of drug-likeness (QED) is 0.731. The number of aromatic nitrogens is 5. The molecule has 0 fully saturated rings. The summed E-state index contributed by atoms with van der Waals surface area (Å²) in [6.45, 7) is 1.89. The number of imidazole rings is 1. The number of hydrogen-bond donors (Lipinski definition) is 1. The summed E-state index contributed by atoms with van der Waals surface area (Å²) in [6.07, 6.45) is 5.14. The van der Waals surface area contributed by atoms with Gasteiger partial charge in [0.25, 0.3) is 5.88 Å². The predicted octanol–water partition coefficient (Wildman–Crippen LogP) is 1.15. The Morgan fingerprint density at radius 2 is 2.22 bits per heavy atom. The second-order valence-corrected chi connectivity index (χ2v) is 3.98. The molecule has 3 aromatic heterocycles. The van der Waals surface area contributed by atoms with Crippen LogP contribution < -0.4 is 10.5 Å². The number of ether oxygens (including phenoxy) is 1. The predicted molar refractivity (Wildman–Crippen MR) is 65.4 cm³/mol. The first-order valence-corrected chi connectivity index (χ1v) is 5.41. The molecule has 0 aromatic carbocycles. The number of nitrogen functional groups attached to an aromatic ring is 1. The Morgan fingerprint density at radius 1 is 1.39 bits per heavy atom. The second kappa shape index (κ2) is 3.73. The Labute approximate surface area is 103 Å². The Kier molecular flexibility index (Phi) is 2.19. The molecule has 0 aliphatic heterocycles. The van der Waals surface area contributed by atoms with Crippen LogP contribution in [0, 0.1) is 6.92 Å². The number of aryl methyl sites for hydroxylation is 2. The van der Waals surface area contributed by atoms with E-state index in [0.717, 1.165) is 5.69 Å². The van der Waals surface area contributed by atoms with Gasteiger partial charge in [-0.05, 0) is 6.92 Å². The smallest absolute Gasteiger partial charge is 0.267 e.